The molecule has 0 bridgehead atoms. The second kappa shape index (κ2) is 7.13. The van der Waals surface area contributed by atoms with E-state index in [0.29, 0.717) is 24.9 Å². The molecule has 2 heterocycles. The molecular formula is C15H29N3O3S. The van der Waals surface area contributed by atoms with E-state index in [9.17, 15) is 8.42 Å². The smallest absolute Gasteiger partial charge is 0.212 e. The average Bonchev–Trinajstić information content (AvgIpc) is 3.11. The van der Waals surface area contributed by atoms with Crippen LogP contribution in [0.25, 0.3) is 0 Å². The SMILES string of the molecule is CN1CCN([C@H]2COC[C@@H]2NS(=O)(=O)CC2CCCC2)CC1. The maximum absolute atomic E-state index is 12.4. The zero-order valence-electron chi connectivity index (χ0n) is 13.5. The van der Waals surface area contributed by atoms with E-state index in [1.807, 2.05) is 0 Å². The third-order valence-electron chi connectivity index (χ3n) is 5.32. The third kappa shape index (κ3) is 4.20. The Labute approximate surface area is 134 Å². The van der Waals surface area contributed by atoms with Crippen LogP contribution in [0.1, 0.15) is 25.7 Å². The number of piperazine rings is 1. The van der Waals surface area contributed by atoms with E-state index in [1.165, 1.54) is 12.8 Å². The van der Waals surface area contributed by atoms with Gasteiger partial charge in [0.15, 0.2) is 0 Å². The van der Waals surface area contributed by atoms with Crippen molar-refractivity contribution in [3.63, 3.8) is 0 Å². The van der Waals surface area contributed by atoms with E-state index < -0.39 is 10.0 Å². The number of nitrogens with one attached hydrogen (secondary N) is 1. The van der Waals surface area contributed by atoms with Gasteiger partial charge in [-0.15, -0.1) is 0 Å². The second-order valence-electron chi connectivity index (χ2n) is 7.10. The van der Waals surface area contributed by atoms with Gasteiger partial charge in [-0.1, -0.05) is 12.8 Å². The van der Waals surface area contributed by atoms with Crippen molar-refractivity contribution in [2.75, 3.05) is 52.2 Å². The molecule has 0 amide bonds. The molecular weight excluding hydrogens is 302 g/mol. The van der Waals surface area contributed by atoms with E-state index in [4.69, 9.17) is 4.74 Å². The van der Waals surface area contributed by atoms with E-state index in [0.717, 1.165) is 39.0 Å². The minimum Gasteiger partial charge on any atom is -0.378 e. The van der Waals surface area contributed by atoms with Crippen molar-refractivity contribution in [3.8, 4) is 0 Å². The van der Waals surface area contributed by atoms with Gasteiger partial charge < -0.3 is 9.64 Å². The van der Waals surface area contributed by atoms with Gasteiger partial charge in [-0.2, -0.15) is 0 Å². The first-order chi connectivity index (χ1) is 10.5. The summed E-state index contributed by atoms with van der Waals surface area (Å²) < 4.78 is 33.4. The predicted octanol–water partition coefficient (Wildman–Crippen LogP) is 0.111. The molecule has 3 aliphatic rings. The summed E-state index contributed by atoms with van der Waals surface area (Å²) in [6, 6.07) is 0.0989. The normalized spacial score (nSPS) is 32.8. The van der Waals surface area contributed by atoms with Crippen LogP contribution in [0.2, 0.25) is 0 Å². The molecule has 3 rings (SSSR count). The van der Waals surface area contributed by atoms with Crippen molar-refractivity contribution in [3.05, 3.63) is 0 Å². The van der Waals surface area contributed by atoms with Crippen molar-refractivity contribution in [1.82, 2.24) is 14.5 Å². The molecule has 0 unspecified atom stereocenters. The van der Waals surface area contributed by atoms with Crippen molar-refractivity contribution >= 4 is 10.0 Å². The lowest BCUT2D eigenvalue weighted by molar-refractivity contribution is 0.0930. The molecule has 128 valence electrons. The van der Waals surface area contributed by atoms with Crippen LogP contribution in [0.15, 0.2) is 0 Å². The standard InChI is InChI=1S/C15H29N3O3S/c1-17-6-8-18(9-7-17)15-11-21-10-14(15)16-22(19,20)12-13-4-2-3-5-13/h13-16H,2-12H2,1H3/t14-,15-/m0/s1. The Balaban J connectivity index is 1.56. The molecule has 22 heavy (non-hydrogen) atoms. The number of sulfonamides is 1. The average molecular weight is 331 g/mol. The van der Waals surface area contributed by atoms with Gasteiger partial charge in [-0.3, -0.25) is 4.90 Å². The van der Waals surface area contributed by atoms with Crippen LogP contribution in [0.3, 0.4) is 0 Å². The molecule has 2 saturated heterocycles. The molecule has 0 spiro atoms. The number of likely N-dealkylation sites (N-methyl/N-ethyl adjacent to an activating group) is 1. The minimum atomic E-state index is -3.20. The van der Waals surface area contributed by atoms with Crippen LogP contribution in [-0.4, -0.2) is 82.5 Å². The van der Waals surface area contributed by atoms with Gasteiger partial charge in [0.25, 0.3) is 0 Å². The molecule has 2 atom stereocenters. The van der Waals surface area contributed by atoms with Crippen molar-refractivity contribution < 1.29 is 13.2 Å². The first-order valence-electron chi connectivity index (χ1n) is 8.54. The monoisotopic (exact) mass is 331 g/mol. The van der Waals surface area contributed by atoms with Crippen LogP contribution < -0.4 is 4.72 Å². The topological polar surface area (TPSA) is 61.9 Å². The van der Waals surface area contributed by atoms with E-state index >= 15 is 0 Å². The van der Waals surface area contributed by atoms with Crippen LogP contribution >= 0.6 is 0 Å². The number of nitrogens with zero attached hydrogens (tertiary/aromatic N) is 2. The zero-order chi connectivity index (χ0) is 15.6. The molecule has 0 aromatic heterocycles. The lowest BCUT2D eigenvalue weighted by Crippen LogP contribution is -2.56. The number of ether oxygens (including phenoxy) is 1. The summed E-state index contributed by atoms with van der Waals surface area (Å²) in [5.74, 6) is 0.640. The van der Waals surface area contributed by atoms with Crippen LogP contribution in [0, 0.1) is 5.92 Å². The van der Waals surface area contributed by atoms with Gasteiger partial charge in [0.1, 0.15) is 0 Å². The zero-order valence-corrected chi connectivity index (χ0v) is 14.4. The Morgan fingerprint density at radius 2 is 1.77 bits per heavy atom. The van der Waals surface area contributed by atoms with E-state index in [-0.39, 0.29) is 12.1 Å². The van der Waals surface area contributed by atoms with Crippen LogP contribution in [-0.2, 0) is 14.8 Å². The summed E-state index contributed by atoms with van der Waals surface area (Å²) >= 11 is 0. The van der Waals surface area contributed by atoms with Gasteiger partial charge in [0.05, 0.1) is 31.1 Å². The largest absolute Gasteiger partial charge is 0.378 e. The second-order valence-corrected chi connectivity index (χ2v) is 8.90. The molecule has 3 fully saturated rings. The lowest BCUT2D eigenvalue weighted by atomic mass is 10.1. The Morgan fingerprint density at radius 3 is 2.45 bits per heavy atom. The third-order valence-corrected chi connectivity index (χ3v) is 6.89. The summed E-state index contributed by atoms with van der Waals surface area (Å²) in [6.45, 7) is 5.20. The number of hydrogen-bond donors (Lipinski definition) is 1. The van der Waals surface area contributed by atoms with E-state index in [1.54, 1.807) is 0 Å². The number of rotatable bonds is 5. The fourth-order valence-electron chi connectivity index (χ4n) is 3.94. The maximum Gasteiger partial charge on any atom is 0.212 e. The molecule has 1 saturated carbocycles. The summed E-state index contributed by atoms with van der Waals surface area (Å²) in [5.41, 5.74) is 0. The number of hydrogen-bond acceptors (Lipinski definition) is 5. The highest BCUT2D eigenvalue weighted by Crippen LogP contribution is 2.26. The first-order valence-corrected chi connectivity index (χ1v) is 10.2. The highest BCUT2D eigenvalue weighted by atomic mass is 32.2. The first kappa shape index (κ1) is 16.6. The Bertz CT molecular complexity index is 457. The highest BCUT2D eigenvalue weighted by Gasteiger charge is 2.37. The van der Waals surface area contributed by atoms with Gasteiger partial charge in [0, 0.05) is 26.2 Å². The molecule has 0 radical (unpaired) electrons. The lowest BCUT2D eigenvalue weighted by Gasteiger charge is -2.38. The molecule has 0 aromatic rings. The summed E-state index contributed by atoms with van der Waals surface area (Å²) in [7, 11) is -1.07. The fraction of sp³-hybridized carbons (Fsp3) is 1.00. The Morgan fingerprint density at radius 1 is 1.09 bits per heavy atom. The summed E-state index contributed by atoms with van der Waals surface area (Å²) in [4.78, 5) is 4.70. The van der Waals surface area contributed by atoms with Crippen molar-refractivity contribution in [2.24, 2.45) is 5.92 Å². The molecule has 1 N–H and O–H groups in total. The Kier molecular flexibility index (Phi) is 5.39. The maximum atomic E-state index is 12.4. The molecule has 1 aliphatic carbocycles. The van der Waals surface area contributed by atoms with Crippen LogP contribution in [0.5, 0.6) is 0 Å². The predicted molar refractivity (Wildman–Crippen MR) is 86.3 cm³/mol. The highest BCUT2D eigenvalue weighted by molar-refractivity contribution is 7.89. The van der Waals surface area contributed by atoms with Gasteiger partial charge >= 0.3 is 0 Å². The summed E-state index contributed by atoms with van der Waals surface area (Å²) in [5, 5.41) is 0. The van der Waals surface area contributed by atoms with Crippen molar-refractivity contribution in [1.29, 1.82) is 0 Å². The fourth-order valence-corrected chi connectivity index (χ4v) is 5.67. The van der Waals surface area contributed by atoms with E-state index in [2.05, 4.69) is 21.6 Å². The van der Waals surface area contributed by atoms with Gasteiger partial charge in [-0.05, 0) is 25.8 Å². The van der Waals surface area contributed by atoms with Gasteiger partial charge in [-0.25, -0.2) is 13.1 Å². The molecule has 6 nitrogen and oxygen atoms in total. The minimum absolute atomic E-state index is 0.0881. The molecule has 0 aromatic carbocycles. The Hall–Kier alpha value is -0.210. The quantitative estimate of drug-likeness (QED) is 0.775. The molecule has 2 aliphatic heterocycles. The van der Waals surface area contributed by atoms with Gasteiger partial charge in [0.2, 0.25) is 10.0 Å². The van der Waals surface area contributed by atoms with Crippen molar-refractivity contribution in [2.45, 2.75) is 37.8 Å². The van der Waals surface area contributed by atoms with Crippen LogP contribution in [0.4, 0.5) is 0 Å². The molecule has 7 heteroatoms. The summed E-state index contributed by atoms with van der Waals surface area (Å²) in [6.07, 6.45) is 4.47.